The van der Waals surface area contributed by atoms with Crippen molar-refractivity contribution in [3.8, 4) is 5.75 Å². The number of nitrogens with zero attached hydrogens (tertiary/aromatic N) is 2. The zero-order valence-corrected chi connectivity index (χ0v) is 16.4. The molecule has 0 radical (unpaired) electrons. The van der Waals surface area contributed by atoms with Crippen LogP contribution in [0.25, 0.3) is 0 Å². The van der Waals surface area contributed by atoms with Gasteiger partial charge >= 0.3 is 6.61 Å². The molecule has 0 saturated carbocycles. The van der Waals surface area contributed by atoms with Crippen molar-refractivity contribution in [1.82, 2.24) is 9.78 Å². The molecule has 146 valence electrons. The highest BCUT2D eigenvalue weighted by Crippen LogP contribution is 2.27. The monoisotopic (exact) mass is 422 g/mol. The highest BCUT2D eigenvalue weighted by atomic mass is 35.5. The molecule has 2 aromatic carbocycles. The Labute approximate surface area is 171 Å². The van der Waals surface area contributed by atoms with Gasteiger partial charge in [0.2, 0.25) is 0 Å². The van der Waals surface area contributed by atoms with Crippen LogP contribution in [-0.2, 0) is 6.54 Å². The fourth-order valence-electron chi connectivity index (χ4n) is 2.50. The van der Waals surface area contributed by atoms with Gasteiger partial charge in [-0.05, 0) is 54.5 Å². The minimum atomic E-state index is -2.92. The second kappa shape index (κ2) is 8.99. The Morgan fingerprint density at radius 2 is 1.93 bits per heavy atom. The summed E-state index contributed by atoms with van der Waals surface area (Å²) in [7, 11) is 0. The van der Waals surface area contributed by atoms with E-state index in [0.29, 0.717) is 23.1 Å². The first-order chi connectivity index (χ1) is 13.4. The summed E-state index contributed by atoms with van der Waals surface area (Å²) in [5.74, 6) is 0.536. The van der Waals surface area contributed by atoms with E-state index in [1.807, 2.05) is 31.2 Å². The number of halogens is 3. The van der Waals surface area contributed by atoms with E-state index >= 15 is 0 Å². The summed E-state index contributed by atoms with van der Waals surface area (Å²) in [6.07, 6.45) is 1.80. The highest BCUT2D eigenvalue weighted by Gasteiger charge is 2.11. The van der Waals surface area contributed by atoms with Crippen LogP contribution < -0.4 is 15.4 Å². The van der Waals surface area contributed by atoms with Crippen LogP contribution >= 0.6 is 23.8 Å². The summed E-state index contributed by atoms with van der Waals surface area (Å²) in [6.45, 7) is -0.511. The summed E-state index contributed by atoms with van der Waals surface area (Å²) in [6, 6.07) is 14.1. The van der Waals surface area contributed by atoms with Crippen molar-refractivity contribution < 1.29 is 13.5 Å². The topological polar surface area (TPSA) is 51.1 Å². The van der Waals surface area contributed by atoms with E-state index in [2.05, 4.69) is 20.5 Å². The third kappa shape index (κ3) is 5.64. The van der Waals surface area contributed by atoms with Gasteiger partial charge in [-0.25, -0.2) is 0 Å². The fraction of sp³-hybridized carbons (Fsp3) is 0.158. The predicted molar refractivity (Wildman–Crippen MR) is 110 cm³/mol. The lowest BCUT2D eigenvalue weighted by Crippen LogP contribution is -2.20. The third-order valence-corrected chi connectivity index (χ3v) is 4.20. The molecule has 5 nitrogen and oxygen atoms in total. The van der Waals surface area contributed by atoms with Gasteiger partial charge in [0.25, 0.3) is 0 Å². The Balaban J connectivity index is 1.63. The van der Waals surface area contributed by atoms with E-state index < -0.39 is 6.61 Å². The van der Waals surface area contributed by atoms with Gasteiger partial charge in [0.1, 0.15) is 5.75 Å². The van der Waals surface area contributed by atoms with E-state index in [1.165, 1.54) is 6.07 Å². The van der Waals surface area contributed by atoms with Gasteiger partial charge in [-0.3, -0.25) is 4.68 Å². The molecule has 3 aromatic rings. The molecule has 28 heavy (non-hydrogen) atoms. The minimum Gasteiger partial charge on any atom is -0.433 e. The number of aromatic nitrogens is 2. The van der Waals surface area contributed by atoms with Crippen LogP contribution in [0.15, 0.2) is 54.7 Å². The molecule has 0 aliphatic rings. The first-order valence-corrected chi connectivity index (χ1v) is 9.09. The molecule has 0 spiro atoms. The largest absolute Gasteiger partial charge is 0.433 e. The molecular formula is C19H17ClF2N4OS. The van der Waals surface area contributed by atoms with Gasteiger partial charge < -0.3 is 15.4 Å². The predicted octanol–water partition coefficient (Wildman–Crippen LogP) is 5.30. The van der Waals surface area contributed by atoms with Crippen molar-refractivity contribution in [2.24, 2.45) is 0 Å². The Kier molecular flexibility index (Phi) is 6.43. The Morgan fingerprint density at radius 3 is 2.64 bits per heavy atom. The van der Waals surface area contributed by atoms with E-state index in [4.69, 9.17) is 23.8 Å². The zero-order valence-electron chi connectivity index (χ0n) is 14.8. The molecule has 0 atom stereocenters. The SMILES string of the molecule is Cc1ccc(OC(F)F)c(NC(=S)Nc2ccn(Cc3ccc(Cl)cc3)n2)c1. The van der Waals surface area contributed by atoms with E-state index in [0.717, 1.165) is 11.1 Å². The van der Waals surface area contributed by atoms with Crippen molar-refractivity contribution in [2.75, 3.05) is 10.6 Å². The molecular weight excluding hydrogens is 406 g/mol. The Hall–Kier alpha value is -2.71. The number of hydrogen-bond acceptors (Lipinski definition) is 3. The number of benzene rings is 2. The standard InChI is InChI=1S/C19H17ClF2N4OS/c1-12-2-7-16(27-18(21)22)15(10-12)23-19(28)24-17-8-9-26(25-17)11-13-3-5-14(20)6-4-13/h2-10,18H,11H2,1H3,(H2,23,24,25,28). The maximum absolute atomic E-state index is 12.6. The van der Waals surface area contributed by atoms with Crippen LogP contribution in [0.2, 0.25) is 5.02 Å². The lowest BCUT2D eigenvalue weighted by molar-refractivity contribution is -0.0493. The van der Waals surface area contributed by atoms with Gasteiger partial charge in [-0.2, -0.15) is 13.9 Å². The first-order valence-electron chi connectivity index (χ1n) is 8.30. The van der Waals surface area contributed by atoms with Gasteiger partial charge in [0.15, 0.2) is 10.9 Å². The van der Waals surface area contributed by atoms with Crippen molar-refractivity contribution >= 4 is 40.4 Å². The first kappa shape index (κ1) is 20.0. The number of rotatable bonds is 6. The van der Waals surface area contributed by atoms with Crippen LogP contribution in [0.5, 0.6) is 5.75 Å². The van der Waals surface area contributed by atoms with Crippen LogP contribution in [0.3, 0.4) is 0 Å². The molecule has 0 bridgehead atoms. The van der Waals surface area contributed by atoms with Gasteiger partial charge in [0.05, 0.1) is 12.2 Å². The van der Waals surface area contributed by atoms with Crippen molar-refractivity contribution in [3.63, 3.8) is 0 Å². The molecule has 1 aromatic heterocycles. The molecule has 0 aliphatic heterocycles. The normalized spacial score (nSPS) is 10.8. The number of alkyl halides is 2. The van der Waals surface area contributed by atoms with E-state index in [-0.39, 0.29) is 10.9 Å². The van der Waals surface area contributed by atoms with Crippen LogP contribution in [-0.4, -0.2) is 21.5 Å². The molecule has 3 rings (SSSR count). The lowest BCUT2D eigenvalue weighted by Gasteiger charge is -2.14. The van der Waals surface area contributed by atoms with Crippen LogP contribution in [0, 0.1) is 6.92 Å². The van der Waals surface area contributed by atoms with Gasteiger partial charge in [-0.1, -0.05) is 29.8 Å². The Morgan fingerprint density at radius 1 is 1.18 bits per heavy atom. The smallest absolute Gasteiger partial charge is 0.387 e. The van der Waals surface area contributed by atoms with Gasteiger partial charge in [0, 0.05) is 17.3 Å². The number of aryl methyl sites for hydroxylation is 1. The maximum atomic E-state index is 12.6. The molecule has 0 saturated heterocycles. The molecule has 0 fully saturated rings. The molecule has 9 heteroatoms. The van der Waals surface area contributed by atoms with Crippen LogP contribution in [0.1, 0.15) is 11.1 Å². The molecule has 0 amide bonds. The molecule has 0 aliphatic carbocycles. The second-order valence-electron chi connectivity index (χ2n) is 5.98. The number of nitrogens with one attached hydrogen (secondary N) is 2. The summed E-state index contributed by atoms with van der Waals surface area (Å²) in [4.78, 5) is 0. The van der Waals surface area contributed by atoms with Crippen molar-refractivity contribution in [1.29, 1.82) is 0 Å². The average Bonchev–Trinajstić information content (AvgIpc) is 3.05. The summed E-state index contributed by atoms with van der Waals surface area (Å²) >= 11 is 11.1. The van der Waals surface area contributed by atoms with Gasteiger partial charge in [-0.15, -0.1) is 0 Å². The summed E-state index contributed by atoms with van der Waals surface area (Å²) in [5, 5.41) is 11.1. The van der Waals surface area contributed by atoms with Crippen molar-refractivity contribution in [2.45, 2.75) is 20.1 Å². The van der Waals surface area contributed by atoms with E-state index in [9.17, 15) is 8.78 Å². The average molecular weight is 423 g/mol. The maximum Gasteiger partial charge on any atom is 0.387 e. The Bertz CT molecular complexity index is 963. The quantitative estimate of drug-likeness (QED) is 0.528. The summed E-state index contributed by atoms with van der Waals surface area (Å²) < 4.78 is 31.4. The number of thiocarbonyl (C=S) groups is 1. The third-order valence-electron chi connectivity index (χ3n) is 3.74. The lowest BCUT2D eigenvalue weighted by atomic mass is 10.2. The molecule has 0 unspecified atom stereocenters. The number of hydrogen-bond donors (Lipinski definition) is 2. The molecule has 2 N–H and O–H groups in total. The number of anilines is 2. The van der Waals surface area contributed by atoms with Crippen LogP contribution in [0.4, 0.5) is 20.3 Å². The van der Waals surface area contributed by atoms with E-state index in [1.54, 1.807) is 29.1 Å². The fourth-order valence-corrected chi connectivity index (χ4v) is 2.84. The van der Waals surface area contributed by atoms with Crippen molar-refractivity contribution in [3.05, 3.63) is 70.9 Å². The second-order valence-corrected chi connectivity index (χ2v) is 6.83. The highest BCUT2D eigenvalue weighted by molar-refractivity contribution is 7.80. The molecule has 1 heterocycles. The minimum absolute atomic E-state index is 0.0121. The zero-order chi connectivity index (χ0) is 20.1. The summed E-state index contributed by atoms with van der Waals surface area (Å²) in [5.41, 5.74) is 2.27. The number of ether oxygens (including phenoxy) is 1.